The van der Waals surface area contributed by atoms with E-state index in [-0.39, 0.29) is 6.42 Å². The van der Waals surface area contributed by atoms with Crippen LogP contribution in [0, 0.1) is 12.8 Å². The van der Waals surface area contributed by atoms with Gasteiger partial charge < -0.3 is 5.32 Å². The number of pyridine rings is 1. The van der Waals surface area contributed by atoms with Gasteiger partial charge in [0.25, 0.3) is 5.91 Å². The number of rotatable bonds is 2. The lowest BCUT2D eigenvalue weighted by molar-refractivity contribution is -0.187. The Hall–Kier alpha value is -1.59. The molecule has 1 amide bonds. The van der Waals surface area contributed by atoms with E-state index in [2.05, 4.69) is 10.3 Å². The third-order valence-electron chi connectivity index (χ3n) is 3.68. The maximum atomic E-state index is 12.9. The zero-order valence-corrected chi connectivity index (χ0v) is 11.2. The van der Waals surface area contributed by atoms with Gasteiger partial charge in [-0.25, -0.2) is 0 Å². The zero-order chi connectivity index (χ0) is 14.8. The number of carbonyl (C=O) groups excluding carboxylic acids is 1. The van der Waals surface area contributed by atoms with Crippen molar-refractivity contribution in [3.05, 3.63) is 29.6 Å². The normalized spacial score (nSPS) is 23.4. The number of hydrogen-bond acceptors (Lipinski definition) is 2. The Balaban J connectivity index is 2.07. The fraction of sp³-hybridized carbons (Fsp3) is 0.571. The van der Waals surface area contributed by atoms with Crippen LogP contribution < -0.4 is 5.32 Å². The molecule has 0 spiro atoms. The van der Waals surface area contributed by atoms with E-state index < -0.39 is 24.0 Å². The van der Waals surface area contributed by atoms with Crippen molar-refractivity contribution in [1.82, 2.24) is 10.3 Å². The molecule has 2 atom stereocenters. The molecule has 6 heteroatoms. The smallest absolute Gasteiger partial charge is 0.349 e. The van der Waals surface area contributed by atoms with E-state index in [9.17, 15) is 18.0 Å². The number of carbonyl (C=O) groups is 1. The fourth-order valence-corrected chi connectivity index (χ4v) is 2.55. The van der Waals surface area contributed by atoms with Gasteiger partial charge in [-0.3, -0.25) is 9.78 Å². The molecular weight excluding hydrogens is 269 g/mol. The molecule has 0 radical (unpaired) electrons. The Kier molecular flexibility index (Phi) is 4.30. The first-order valence-corrected chi connectivity index (χ1v) is 6.68. The first kappa shape index (κ1) is 14.8. The summed E-state index contributed by atoms with van der Waals surface area (Å²) in [5.41, 5.74) is 1.05. The van der Waals surface area contributed by atoms with Crippen molar-refractivity contribution in [2.75, 3.05) is 0 Å². The Morgan fingerprint density at radius 2 is 2.00 bits per heavy atom. The van der Waals surface area contributed by atoms with Crippen LogP contribution >= 0.6 is 0 Å². The van der Waals surface area contributed by atoms with Crippen LogP contribution in [0.5, 0.6) is 0 Å². The van der Waals surface area contributed by atoms with Crippen molar-refractivity contribution < 1.29 is 18.0 Å². The van der Waals surface area contributed by atoms with Gasteiger partial charge in [0.1, 0.15) is 0 Å². The number of alkyl halides is 3. The minimum Gasteiger partial charge on any atom is -0.349 e. The molecule has 1 aromatic rings. The molecule has 110 valence electrons. The first-order valence-electron chi connectivity index (χ1n) is 6.68. The fourth-order valence-electron chi connectivity index (χ4n) is 2.55. The average Bonchev–Trinajstić information content (AvgIpc) is 2.38. The quantitative estimate of drug-likeness (QED) is 0.907. The van der Waals surface area contributed by atoms with Crippen LogP contribution in [0.1, 0.15) is 41.7 Å². The minimum absolute atomic E-state index is 0.0839. The van der Waals surface area contributed by atoms with Gasteiger partial charge in [-0.1, -0.05) is 12.8 Å². The van der Waals surface area contributed by atoms with E-state index in [1.165, 1.54) is 6.20 Å². The predicted octanol–water partition coefficient (Wildman–Crippen LogP) is 3.24. The van der Waals surface area contributed by atoms with Crippen LogP contribution in [0.4, 0.5) is 13.2 Å². The predicted molar refractivity (Wildman–Crippen MR) is 68.2 cm³/mol. The van der Waals surface area contributed by atoms with Crippen molar-refractivity contribution in [2.24, 2.45) is 5.92 Å². The van der Waals surface area contributed by atoms with Gasteiger partial charge in [-0.2, -0.15) is 13.2 Å². The second-order valence-corrected chi connectivity index (χ2v) is 5.20. The number of nitrogens with zero attached hydrogens (tertiary/aromatic N) is 1. The van der Waals surface area contributed by atoms with Crippen LogP contribution in [0.3, 0.4) is 0 Å². The van der Waals surface area contributed by atoms with Crippen molar-refractivity contribution in [3.8, 4) is 0 Å². The van der Waals surface area contributed by atoms with E-state index in [4.69, 9.17) is 0 Å². The number of halogens is 3. The summed E-state index contributed by atoms with van der Waals surface area (Å²) in [6.45, 7) is 1.78. The number of hydrogen-bond donors (Lipinski definition) is 1. The van der Waals surface area contributed by atoms with Crippen LogP contribution in [-0.4, -0.2) is 23.1 Å². The van der Waals surface area contributed by atoms with E-state index in [1.54, 1.807) is 19.1 Å². The molecular formula is C14H17F3N2O. The van der Waals surface area contributed by atoms with Gasteiger partial charge in [0.05, 0.1) is 11.5 Å². The molecule has 3 nitrogen and oxygen atoms in total. The second kappa shape index (κ2) is 5.81. The molecule has 1 fully saturated rings. The number of amides is 1. The lowest BCUT2D eigenvalue weighted by Gasteiger charge is -2.33. The lowest BCUT2D eigenvalue weighted by atomic mass is 9.84. The van der Waals surface area contributed by atoms with E-state index in [1.807, 2.05) is 0 Å². The molecule has 1 N–H and O–H groups in total. The molecule has 0 saturated heterocycles. The summed E-state index contributed by atoms with van der Waals surface area (Å²) in [6.07, 6.45) is -1.15. The minimum atomic E-state index is -4.26. The van der Waals surface area contributed by atoms with Gasteiger partial charge in [-0.15, -0.1) is 0 Å². The van der Waals surface area contributed by atoms with Gasteiger partial charge >= 0.3 is 6.18 Å². The van der Waals surface area contributed by atoms with E-state index >= 15 is 0 Å². The largest absolute Gasteiger partial charge is 0.393 e. The van der Waals surface area contributed by atoms with Crippen molar-refractivity contribution >= 4 is 5.91 Å². The average molecular weight is 286 g/mol. The third-order valence-corrected chi connectivity index (χ3v) is 3.68. The standard InChI is InChI=1S/C14H17F3N2O/c1-9-6-7-10(8-18-9)13(20)19-12-5-3-2-4-11(12)14(15,16)17/h6-8,11-12H,2-5H2,1H3,(H,19,20). The van der Waals surface area contributed by atoms with E-state index in [0.29, 0.717) is 24.8 Å². The molecule has 2 rings (SSSR count). The molecule has 0 aliphatic heterocycles. The maximum absolute atomic E-state index is 12.9. The van der Waals surface area contributed by atoms with Crippen LogP contribution in [0.25, 0.3) is 0 Å². The van der Waals surface area contributed by atoms with Crippen LogP contribution in [0.2, 0.25) is 0 Å². The lowest BCUT2D eigenvalue weighted by Crippen LogP contribution is -2.47. The third kappa shape index (κ3) is 3.49. The Morgan fingerprint density at radius 1 is 1.30 bits per heavy atom. The Bertz CT molecular complexity index is 470. The van der Waals surface area contributed by atoms with Gasteiger partial charge in [0, 0.05) is 17.9 Å². The van der Waals surface area contributed by atoms with Crippen LogP contribution in [0.15, 0.2) is 18.3 Å². The summed E-state index contributed by atoms with van der Waals surface area (Å²) in [6, 6.07) is 2.40. The van der Waals surface area contributed by atoms with Crippen molar-refractivity contribution in [2.45, 2.75) is 44.8 Å². The van der Waals surface area contributed by atoms with Gasteiger partial charge in [-0.05, 0) is 31.9 Å². The summed E-state index contributed by atoms with van der Waals surface area (Å²) < 4.78 is 38.8. The molecule has 1 aromatic heterocycles. The van der Waals surface area contributed by atoms with Crippen LogP contribution in [-0.2, 0) is 0 Å². The second-order valence-electron chi connectivity index (χ2n) is 5.20. The highest BCUT2D eigenvalue weighted by Gasteiger charge is 2.45. The highest BCUT2D eigenvalue weighted by Crippen LogP contribution is 2.37. The summed E-state index contributed by atoms with van der Waals surface area (Å²) >= 11 is 0. The molecule has 1 aliphatic carbocycles. The first-order chi connectivity index (χ1) is 9.38. The topological polar surface area (TPSA) is 42.0 Å². The zero-order valence-electron chi connectivity index (χ0n) is 11.2. The van der Waals surface area contributed by atoms with Crippen molar-refractivity contribution in [3.63, 3.8) is 0 Å². The SMILES string of the molecule is Cc1ccc(C(=O)NC2CCCCC2C(F)(F)F)cn1. The molecule has 0 aromatic carbocycles. The molecule has 1 saturated carbocycles. The summed E-state index contributed by atoms with van der Waals surface area (Å²) in [7, 11) is 0. The monoisotopic (exact) mass is 286 g/mol. The van der Waals surface area contributed by atoms with E-state index in [0.717, 1.165) is 5.69 Å². The molecule has 0 bridgehead atoms. The van der Waals surface area contributed by atoms with Crippen molar-refractivity contribution in [1.29, 1.82) is 0 Å². The summed E-state index contributed by atoms with van der Waals surface area (Å²) in [5, 5.41) is 2.51. The number of nitrogens with one attached hydrogen (secondary N) is 1. The maximum Gasteiger partial charge on any atom is 0.393 e. The summed E-state index contributed by atoms with van der Waals surface area (Å²) in [5.74, 6) is -1.93. The van der Waals surface area contributed by atoms with Gasteiger partial charge in [0.15, 0.2) is 0 Å². The number of aromatic nitrogens is 1. The Morgan fingerprint density at radius 3 is 2.60 bits per heavy atom. The molecule has 2 unspecified atom stereocenters. The molecule has 20 heavy (non-hydrogen) atoms. The highest BCUT2D eigenvalue weighted by atomic mass is 19.4. The molecule has 1 aliphatic rings. The Labute approximate surface area is 115 Å². The van der Waals surface area contributed by atoms with Gasteiger partial charge in [0.2, 0.25) is 0 Å². The highest BCUT2D eigenvalue weighted by molar-refractivity contribution is 5.94. The summed E-state index contributed by atoms with van der Waals surface area (Å²) in [4.78, 5) is 16.0. The molecule has 1 heterocycles. The number of aryl methyl sites for hydroxylation is 1.